The van der Waals surface area contributed by atoms with Gasteiger partial charge in [-0.25, -0.2) is 0 Å². The van der Waals surface area contributed by atoms with Gasteiger partial charge in [-0.05, 0) is 42.8 Å². The number of hydrogen-bond donors (Lipinski definition) is 1. The number of nitrogens with one attached hydrogen (secondary N) is 1. The molecule has 0 aliphatic heterocycles. The molecule has 0 bridgehead atoms. The second-order valence-electron chi connectivity index (χ2n) is 6.21. The largest absolute Gasteiger partial charge is 0.326 e. The molecule has 0 fully saturated rings. The maximum atomic E-state index is 12.4. The van der Waals surface area contributed by atoms with Crippen LogP contribution < -0.4 is 5.32 Å². The smallest absolute Gasteiger partial charge is 0.224 e. The lowest BCUT2D eigenvalue weighted by molar-refractivity contribution is -0.116. The van der Waals surface area contributed by atoms with Crippen LogP contribution in [-0.2, 0) is 4.79 Å². The first-order valence-electron chi connectivity index (χ1n) is 9.03. The number of benzene rings is 1. The van der Waals surface area contributed by atoms with Crippen molar-refractivity contribution in [3.05, 3.63) is 54.2 Å². The fourth-order valence-electron chi connectivity index (χ4n) is 2.63. The van der Waals surface area contributed by atoms with Crippen molar-refractivity contribution in [2.45, 2.75) is 37.8 Å². The van der Waals surface area contributed by atoms with Crippen LogP contribution in [0.5, 0.6) is 0 Å². The molecule has 0 spiro atoms. The SMILES string of the molecule is CCCCCC(=O)Nc1ccc(C(=O)CSc2nnc3ccccn23)cc1. The molecule has 1 amide bonds. The first kappa shape index (κ1) is 19.1. The predicted octanol–water partition coefficient (Wildman–Crippen LogP) is 4.22. The predicted molar refractivity (Wildman–Crippen MR) is 107 cm³/mol. The van der Waals surface area contributed by atoms with Crippen LogP contribution >= 0.6 is 11.8 Å². The van der Waals surface area contributed by atoms with Gasteiger partial charge in [0.25, 0.3) is 0 Å². The second kappa shape index (κ2) is 9.32. The molecule has 3 rings (SSSR count). The quantitative estimate of drug-likeness (QED) is 0.341. The number of hydrogen-bond acceptors (Lipinski definition) is 5. The zero-order chi connectivity index (χ0) is 19.1. The van der Waals surface area contributed by atoms with Gasteiger partial charge in [0.05, 0.1) is 5.75 Å². The number of fused-ring (bicyclic) bond motifs is 1. The number of unbranched alkanes of at least 4 members (excludes halogenated alkanes) is 2. The number of amides is 1. The highest BCUT2D eigenvalue weighted by Crippen LogP contribution is 2.19. The van der Waals surface area contributed by atoms with Gasteiger partial charge >= 0.3 is 0 Å². The molecular weight excluding hydrogens is 360 g/mol. The molecule has 6 nitrogen and oxygen atoms in total. The highest BCUT2D eigenvalue weighted by molar-refractivity contribution is 7.99. The minimum Gasteiger partial charge on any atom is -0.326 e. The Hall–Kier alpha value is -2.67. The minimum atomic E-state index is 0.00787. The normalized spacial score (nSPS) is 10.9. The molecule has 0 saturated heterocycles. The highest BCUT2D eigenvalue weighted by atomic mass is 32.2. The Morgan fingerprint density at radius 3 is 2.67 bits per heavy atom. The van der Waals surface area contributed by atoms with Gasteiger partial charge in [0.15, 0.2) is 16.6 Å². The number of nitrogens with zero attached hydrogens (tertiary/aromatic N) is 3. The fraction of sp³-hybridized carbons (Fsp3) is 0.300. The van der Waals surface area contributed by atoms with Crippen molar-refractivity contribution in [3.8, 4) is 0 Å². The number of carbonyl (C=O) groups is 2. The molecular formula is C20H22N4O2S. The Kier molecular flexibility index (Phi) is 6.59. The molecule has 2 heterocycles. The number of anilines is 1. The number of aromatic nitrogens is 3. The molecule has 27 heavy (non-hydrogen) atoms. The van der Waals surface area contributed by atoms with E-state index in [4.69, 9.17) is 0 Å². The lowest BCUT2D eigenvalue weighted by atomic mass is 10.1. The van der Waals surface area contributed by atoms with E-state index >= 15 is 0 Å². The van der Waals surface area contributed by atoms with Crippen LogP contribution in [0.2, 0.25) is 0 Å². The van der Waals surface area contributed by atoms with E-state index in [0.29, 0.717) is 22.8 Å². The lowest BCUT2D eigenvalue weighted by Gasteiger charge is -2.06. The summed E-state index contributed by atoms with van der Waals surface area (Å²) in [4.78, 5) is 24.3. The zero-order valence-electron chi connectivity index (χ0n) is 15.2. The first-order valence-corrected chi connectivity index (χ1v) is 10.0. The van der Waals surface area contributed by atoms with Gasteiger partial charge in [0.2, 0.25) is 5.91 Å². The summed E-state index contributed by atoms with van der Waals surface area (Å²) >= 11 is 1.36. The standard InChI is InChI=1S/C20H22N4O2S/c1-2-3-4-8-19(26)21-16-11-9-15(10-12-16)17(25)14-27-20-23-22-18-7-5-6-13-24(18)20/h5-7,9-13H,2-4,8,14H2,1H3,(H,21,26). The molecule has 1 N–H and O–H groups in total. The van der Waals surface area contributed by atoms with E-state index in [1.165, 1.54) is 11.8 Å². The summed E-state index contributed by atoms with van der Waals surface area (Å²) in [6.07, 6.45) is 5.44. The van der Waals surface area contributed by atoms with Gasteiger partial charge in [0.1, 0.15) is 0 Å². The average molecular weight is 382 g/mol. The van der Waals surface area contributed by atoms with E-state index in [2.05, 4.69) is 22.4 Å². The summed E-state index contributed by atoms with van der Waals surface area (Å²) in [5, 5.41) is 11.7. The Morgan fingerprint density at radius 2 is 1.89 bits per heavy atom. The topological polar surface area (TPSA) is 76.4 Å². The molecule has 0 saturated carbocycles. The molecule has 0 unspecified atom stereocenters. The Balaban J connectivity index is 1.53. The van der Waals surface area contributed by atoms with E-state index in [9.17, 15) is 9.59 Å². The van der Waals surface area contributed by atoms with Crippen LogP contribution in [0.3, 0.4) is 0 Å². The van der Waals surface area contributed by atoms with Crippen molar-refractivity contribution >= 4 is 34.8 Å². The zero-order valence-corrected chi connectivity index (χ0v) is 16.0. The summed E-state index contributed by atoms with van der Waals surface area (Å²) in [7, 11) is 0. The van der Waals surface area contributed by atoms with Gasteiger partial charge in [-0.3, -0.25) is 14.0 Å². The molecule has 0 atom stereocenters. The van der Waals surface area contributed by atoms with E-state index in [1.807, 2.05) is 28.8 Å². The van der Waals surface area contributed by atoms with Gasteiger partial charge in [0, 0.05) is 23.9 Å². The van der Waals surface area contributed by atoms with E-state index in [-0.39, 0.29) is 17.4 Å². The molecule has 3 aromatic rings. The van der Waals surface area contributed by atoms with E-state index < -0.39 is 0 Å². The van der Waals surface area contributed by atoms with Crippen molar-refractivity contribution in [2.24, 2.45) is 0 Å². The van der Waals surface area contributed by atoms with Gasteiger partial charge in [-0.2, -0.15) is 0 Å². The molecule has 0 radical (unpaired) electrons. The third-order valence-electron chi connectivity index (χ3n) is 4.11. The number of pyridine rings is 1. The number of ketones is 1. The molecule has 0 aliphatic rings. The summed E-state index contributed by atoms with van der Waals surface area (Å²) < 4.78 is 1.86. The third-order valence-corrected chi connectivity index (χ3v) is 5.06. The van der Waals surface area contributed by atoms with E-state index in [0.717, 1.165) is 24.9 Å². The summed E-state index contributed by atoms with van der Waals surface area (Å²) in [6.45, 7) is 2.11. The van der Waals surface area contributed by atoms with Gasteiger partial charge < -0.3 is 5.32 Å². The highest BCUT2D eigenvalue weighted by Gasteiger charge is 2.11. The summed E-state index contributed by atoms with van der Waals surface area (Å²) in [5.41, 5.74) is 2.08. The van der Waals surface area contributed by atoms with Crippen LogP contribution in [0.4, 0.5) is 5.69 Å². The van der Waals surface area contributed by atoms with Gasteiger partial charge in [-0.15, -0.1) is 10.2 Å². The molecule has 140 valence electrons. The monoisotopic (exact) mass is 382 g/mol. The van der Waals surface area contributed by atoms with Gasteiger partial charge in [-0.1, -0.05) is 37.6 Å². The third kappa shape index (κ3) is 5.17. The van der Waals surface area contributed by atoms with Crippen molar-refractivity contribution < 1.29 is 9.59 Å². The summed E-state index contributed by atoms with van der Waals surface area (Å²) in [5.74, 6) is 0.295. The maximum Gasteiger partial charge on any atom is 0.224 e. The van der Waals surface area contributed by atoms with Crippen molar-refractivity contribution in [2.75, 3.05) is 11.1 Å². The minimum absolute atomic E-state index is 0.00787. The first-order chi connectivity index (χ1) is 13.2. The number of Topliss-reactive ketones (excluding diaryl/α,β-unsaturated/α-hetero) is 1. The van der Waals surface area contributed by atoms with Crippen LogP contribution in [0.1, 0.15) is 43.0 Å². The van der Waals surface area contributed by atoms with Crippen LogP contribution in [-0.4, -0.2) is 32.0 Å². The van der Waals surface area contributed by atoms with Crippen molar-refractivity contribution in [1.29, 1.82) is 0 Å². The van der Waals surface area contributed by atoms with Crippen molar-refractivity contribution in [1.82, 2.24) is 14.6 Å². The van der Waals surface area contributed by atoms with Crippen molar-refractivity contribution in [3.63, 3.8) is 0 Å². The van der Waals surface area contributed by atoms with Crippen LogP contribution in [0.25, 0.3) is 5.65 Å². The molecule has 1 aromatic carbocycles. The fourth-order valence-corrected chi connectivity index (χ4v) is 3.45. The molecule has 2 aromatic heterocycles. The molecule has 0 aliphatic carbocycles. The lowest BCUT2D eigenvalue weighted by Crippen LogP contribution is -2.11. The number of thioether (sulfide) groups is 1. The number of rotatable bonds is 9. The summed E-state index contributed by atoms with van der Waals surface area (Å²) in [6, 6.07) is 12.7. The average Bonchev–Trinajstić information content (AvgIpc) is 3.10. The Morgan fingerprint density at radius 1 is 1.07 bits per heavy atom. The number of carbonyl (C=O) groups excluding carboxylic acids is 2. The van der Waals surface area contributed by atoms with Crippen LogP contribution in [0.15, 0.2) is 53.8 Å². The molecule has 7 heteroatoms. The van der Waals surface area contributed by atoms with E-state index in [1.54, 1.807) is 24.3 Å². The Bertz CT molecular complexity index is 921. The Labute approximate surface area is 162 Å². The second-order valence-corrected chi connectivity index (χ2v) is 7.15. The maximum absolute atomic E-state index is 12.4. The van der Waals surface area contributed by atoms with Crippen LogP contribution in [0, 0.1) is 0 Å².